The van der Waals surface area contributed by atoms with Crippen LogP contribution in [0, 0.1) is 25.7 Å². The predicted octanol–water partition coefficient (Wildman–Crippen LogP) is 2.76. The van der Waals surface area contributed by atoms with E-state index in [0.717, 1.165) is 36.8 Å². The van der Waals surface area contributed by atoms with Gasteiger partial charge in [0.1, 0.15) is 5.75 Å². The predicted molar refractivity (Wildman–Crippen MR) is 104 cm³/mol. The van der Waals surface area contributed by atoms with Crippen molar-refractivity contribution in [2.45, 2.75) is 26.8 Å². The third-order valence-electron chi connectivity index (χ3n) is 6.16. The van der Waals surface area contributed by atoms with Crippen molar-refractivity contribution in [1.29, 1.82) is 0 Å². The molecular formula is C21H26N4O2. The fraction of sp³-hybridized carbons (Fsp3) is 0.476. The number of amides is 1. The van der Waals surface area contributed by atoms with Crippen molar-refractivity contribution in [3.63, 3.8) is 0 Å². The second-order valence-electron chi connectivity index (χ2n) is 7.69. The molecule has 2 fully saturated rings. The van der Waals surface area contributed by atoms with Crippen LogP contribution in [0.25, 0.3) is 0 Å². The number of carbonyl (C=O) groups excluding carboxylic acids is 1. The number of likely N-dealkylation sites (tertiary alicyclic amines) is 1. The van der Waals surface area contributed by atoms with Crippen LogP contribution in [0.4, 0.5) is 5.82 Å². The molecule has 0 spiro atoms. The van der Waals surface area contributed by atoms with Crippen LogP contribution in [-0.4, -0.2) is 47.7 Å². The van der Waals surface area contributed by atoms with Crippen molar-refractivity contribution in [2.75, 3.05) is 31.6 Å². The minimum atomic E-state index is 0.0986. The molecule has 6 heteroatoms. The van der Waals surface area contributed by atoms with Gasteiger partial charge in [0, 0.05) is 38.4 Å². The van der Waals surface area contributed by atoms with Gasteiger partial charge in [-0.05, 0) is 42.7 Å². The quantitative estimate of drug-likeness (QED) is 0.836. The van der Waals surface area contributed by atoms with Gasteiger partial charge in [0.2, 0.25) is 5.91 Å². The van der Waals surface area contributed by atoms with Crippen LogP contribution in [0.1, 0.15) is 29.7 Å². The Bertz CT molecular complexity index is 852. The Labute approximate surface area is 160 Å². The number of aromatic nitrogens is 2. The molecule has 1 aromatic heterocycles. The summed E-state index contributed by atoms with van der Waals surface area (Å²) in [5.41, 5.74) is 3.52. The van der Waals surface area contributed by atoms with Crippen molar-refractivity contribution in [3.05, 3.63) is 47.2 Å². The molecule has 2 aliphatic rings. The van der Waals surface area contributed by atoms with E-state index >= 15 is 0 Å². The molecule has 6 nitrogen and oxygen atoms in total. The topological polar surface area (TPSA) is 58.6 Å². The van der Waals surface area contributed by atoms with Crippen molar-refractivity contribution < 1.29 is 9.53 Å². The number of ether oxygens (including phenoxy) is 1. The van der Waals surface area contributed by atoms with Gasteiger partial charge in [-0.1, -0.05) is 12.1 Å². The lowest BCUT2D eigenvalue weighted by Gasteiger charge is -2.30. The normalized spacial score (nSPS) is 24.2. The van der Waals surface area contributed by atoms with Gasteiger partial charge in [0.05, 0.1) is 19.3 Å². The SMILES string of the molecule is COc1ccc([C@H]2[C@@H]3CN(c4nncc(C)c4C)C[C@@H]3CN2C(C)=O)cc1. The van der Waals surface area contributed by atoms with Crippen LogP contribution in [0.15, 0.2) is 30.5 Å². The second kappa shape index (κ2) is 6.83. The summed E-state index contributed by atoms with van der Waals surface area (Å²) >= 11 is 0. The highest BCUT2D eigenvalue weighted by atomic mass is 16.5. The molecule has 2 aromatic rings. The maximum absolute atomic E-state index is 12.3. The lowest BCUT2D eigenvalue weighted by atomic mass is 9.89. The molecule has 0 saturated carbocycles. The van der Waals surface area contributed by atoms with Crippen LogP contribution in [0.3, 0.4) is 0 Å². The molecule has 1 aromatic carbocycles. The molecule has 2 saturated heterocycles. The van der Waals surface area contributed by atoms with Crippen molar-refractivity contribution >= 4 is 11.7 Å². The number of methoxy groups -OCH3 is 1. The molecule has 1 amide bonds. The Kier molecular flexibility index (Phi) is 4.50. The third kappa shape index (κ3) is 3.03. The first kappa shape index (κ1) is 17.8. The summed E-state index contributed by atoms with van der Waals surface area (Å²) in [6.45, 7) is 8.46. The van der Waals surface area contributed by atoms with Crippen LogP contribution < -0.4 is 9.64 Å². The van der Waals surface area contributed by atoms with Gasteiger partial charge in [-0.2, -0.15) is 5.10 Å². The summed E-state index contributed by atoms with van der Waals surface area (Å²) in [6, 6.07) is 8.22. The van der Waals surface area contributed by atoms with Crippen LogP contribution >= 0.6 is 0 Å². The number of rotatable bonds is 3. The van der Waals surface area contributed by atoms with E-state index in [-0.39, 0.29) is 11.9 Å². The molecule has 0 bridgehead atoms. The fourth-order valence-electron chi connectivity index (χ4n) is 4.59. The summed E-state index contributed by atoms with van der Waals surface area (Å²) in [5.74, 6) is 2.80. The Morgan fingerprint density at radius 1 is 1.15 bits per heavy atom. The van der Waals surface area contributed by atoms with E-state index < -0.39 is 0 Å². The standard InChI is InChI=1S/C21H26N4O2/c1-13-9-22-23-21(14(13)2)24-10-17-11-25(15(3)26)20(19(17)12-24)16-5-7-18(27-4)8-6-16/h5-9,17,19-20H,10-12H2,1-4H3/t17-,19-,20+/m1/s1. The van der Waals surface area contributed by atoms with Gasteiger partial charge < -0.3 is 14.5 Å². The Morgan fingerprint density at radius 3 is 2.56 bits per heavy atom. The van der Waals surface area contributed by atoms with Gasteiger partial charge in [-0.25, -0.2) is 0 Å². The molecule has 0 unspecified atom stereocenters. The highest BCUT2D eigenvalue weighted by Crippen LogP contribution is 2.46. The molecule has 3 heterocycles. The Hall–Kier alpha value is -2.63. The summed E-state index contributed by atoms with van der Waals surface area (Å²) in [7, 11) is 1.67. The lowest BCUT2D eigenvalue weighted by molar-refractivity contribution is -0.130. The number of carbonyl (C=O) groups is 1. The van der Waals surface area contributed by atoms with E-state index in [1.54, 1.807) is 14.0 Å². The Morgan fingerprint density at radius 2 is 1.89 bits per heavy atom. The number of hydrogen-bond acceptors (Lipinski definition) is 5. The molecule has 0 aliphatic carbocycles. The van der Waals surface area contributed by atoms with E-state index in [0.29, 0.717) is 11.8 Å². The average Bonchev–Trinajstić information content (AvgIpc) is 3.22. The summed E-state index contributed by atoms with van der Waals surface area (Å²) in [5, 5.41) is 8.55. The molecule has 3 atom stereocenters. The van der Waals surface area contributed by atoms with E-state index in [1.807, 2.05) is 23.2 Å². The third-order valence-corrected chi connectivity index (χ3v) is 6.16. The average molecular weight is 366 g/mol. The zero-order chi connectivity index (χ0) is 19.1. The summed E-state index contributed by atoms with van der Waals surface area (Å²) in [6.07, 6.45) is 1.81. The molecule has 0 N–H and O–H groups in total. The smallest absolute Gasteiger partial charge is 0.219 e. The van der Waals surface area contributed by atoms with Crippen LogP contribution in [0.2, 0.25) is 0 Å². The van der Waals surface area contributed by atoms with Gasteiger partial charge in [0.25, 0.3) is 0 Å². The number of anilines is 1. The number of nitrogens with zero attached hydrogens (tertiary/aromatic N) is 4. The molecule has 2 aliphatic heterocycles. The maximum atomic E-state index is 12.3. The number of hydrogen-bond donors (Lipinski definition) is 0. The number of aryl methyl sites for hydroxylation is 1. The first-order chi connectivity index (χ1) is 13.0. The van der Waals surface area contributed by atoms with E-state index in [4.69, 9.17) is 4.74 Å². The highest BCUT2D eigenvalue weighted by Gasteiger charge is 2.48. The zero-order valence-corrected chi connectivity index (χ0v) is 16.3. The van der Waals surface area contributed by atoms with Crippen LogP contribution in [-0.2, 0) is 4.79 Å². The Balaban J connectivity index is 1.64. The minimum absolute atomic E-state index is 0.0986. The second-order valence-corrected chi connectivity index (χ2v) is 7.69. The van der Waals surface area contributed by atoms with Gasteiger partial charge >= 0.3 is 0 Å². The van der Waals surface area contributed by atoms with Crippen LogP contribution in [0.5, 0.6) is 5.75 Å². The number of benzene rings is 1. The van der Waals surface area contributed by atoms with Gasteiger partial charge in [-0.3, -0.25) is 4.79 Å². The van der Waals surface area contributed by atoms with Crippen molar-refractivity contribution in [1.82, 2.24) is 15.1 Å². The van der Waals surface area contributed by atoms with Gasteiger partial charge in [-0.15, -0.1) is 5.10 Å². The first-order valence-electron chi connectivity index (χ1n) is 9.44. The van der Waals surface area contributed by atoms with Crippen molar-refractivity contribution in [3.8, 4) is 5.75 Å². The largest absolute Gasteiger partial charge is 0.497 e. The summed E-state index contributed by atoms with van der Waals surface area (Å²) < 4.78 is 5.29. The molecule has 27 heavy (non-hydrogen) atoms. The first-order valence-corrected chi connectivity index (χ1v) is 9.44. The number of fused-ring (bicyclic) bond motifs is 1. The summed E-state index contributed by atoms with van der Waals surface area (Å²) in [4.78, 5) is 16.7. The maximum Gasteiger partial charge on any atom is 0.219 e. The molecular weight excluding hydrogens is 340 g/mol. The molecule has 0 radical (unpaired) electrons. The zero-order valence-electron chi connectivity index (χ0n) is 16.3. The lowest BCUT2D eigenvalue weighted by Crippen LogP contribution is -2.34. The fourth-order valence-corrected chi connectivity index (χ4v) is 4.59. The van der Waals surface area contributed by atoms with Gasteiger partial charge in [0.15, 0.2) is 5.82 Å². The molecule has 142 valence electrons. The van der Waals surface area contributed by atoms with Crippen molar-refractivity contribution in [2.24, 2.45) is 11.8 Å². The highest BCUT2D eigenvalue weighted by molar-refractivity contribution is 5.74. The minimum Gasteiger partial charge on any atom is -0.497 e. The monoisotopic (exact) mass is 366 g/mol. The van der Waals surface area contributed by atoms with E-state index in [2.05, 4.69) is 41.1 Å². The van der Waals surface area contributed by atoms with E-state index in [1.165, 1.54) is 11.1 Å². The van der Waals surface area contributed by atoms with E-state index in [9.17, 15) is 4.79 Å². The molecule has 4 rings (SSSR count).